The maximum atomic E-state index is 12.0. The monoisotopic (exact) mass is 277 g/mol. The van der Waals surface area contributed by atoms with Crippen molar-refractivity contribution in [3.8, 4) is 0 Å². The summed E-state index contributed by atoms with van der Waals surface area (Å²) in [6.45, 7) is 1.60. The van der Waals surface area contributed by atoms with Gasteiger partial charge in [0.1, 0.15) is 5.82 Å². The van der Waals surface area contributed by atoms with Crippen molar-refractivity contribution >= 4 is 21.6 Å². The summed E-state index contributed by atoms with van der Waals surface area (Å²) >= 11 is 5.55. The zero-order valence-electron chi connectivity index (χ0n) is 9.55. The van der Waals surface area contributed by atoms with E-state index < -0.39 is 10.0 Å². The Morgan fingerprint density at radius 1 is 1.35 bits per heavy atom. The summed E-state index contributed by atoms with van der Waals surface area (Å²) in [6, 6.07) is 0. The number of nitrogens with zero attached hydrogens (tertiary/aromatic N) is 3. The molecule has 0 aliphatic carbocycles. The highest BCUT2D eigenvalue weighted by molar-refractivity contribution is 7.89. The Hall–Kier alpha value is -0.590. The van der Waals surface area contributed by atoms with E-state index in [0.717, 1.165) is 12.2 Å². The Bertz CT molecular complexity index is 472. The first kappa shape index (κ1) is 12.9. The second-order valence-electron chi connectivity index (χ2n) is 4.08. The third kappa shape index (κ3) is 3.00. The number of hydrogen-bond acceptors (Lipinski definition) is 3. The third-order valence-corrected chi connectivity index (χ3v) is 5.06. The zero-order chi connectivity index (χ0) is 12.3. The molecule has 96 valence electrons. The van der Waals surface area contributed by atoms with Gasteiger partial charge in [-0.15, -0.1) is 11.6 Å². The minimum absolute atomic E-state index is 0.181. The summed E-state index contributed by atoms with van der Waals surface area (Å²) in [5.74, 6) is 1.51. The number of imidazole rings is 1. The van der Waals surface area contributed by atoms with Crippen LogP contribution in [0, 0.1) is 0 Å². The van der Waals surface area contributed by atoms with E-state index in [1.807, 2.05) is 10.8 Å². The number of halogens is 1. The van der Waals surface area contributed by atoms with Gasteiger partial charge in [-0.2, -0.15) is 4.31 Å². The number of rotatable bonds is 5. The Kier molecular flexibility index (Phi) is 4.06. The number of sulfonamides is 1. The molecule has 0 bridgehead atoms. The van der Waals surface area contributed by atoms with Crippen molar-refractivity contribution in [2.75, 3.05) is 18.2 Å². The number of unbranched alkanes of at least 4 members (excludes halogenated alkanes) is 1. The molecule has 0 unspecified atom stereocenters. The summed E-state index contributed by atoms with van der Waals surface area (Å²) in [6.07, 6.45) is 4.95. The van der Waals surface area contributed by atoms with Crippen LogP contribution in [0.3, 0.4) is 0 Å². The van der Waals surface area contributed by atoms with Crippen molar-refractivity contribution in [1.82, 2.24) is 13.9 Å². The van der Waals surface area contributed by atoms with Crippen molar-refractivity contribution in [3.05, 3.63) is 18.2 Å². The Morgan fingerprint density at radius 3 is 2.94 bits per heavy atom. The fourth-order valence-electron chi connectivity index (χ4n) is 1.90. The SMILES string of the molecule is O=S(=O)(CCCCCl)N1CCn2ccnc2C1. The minimum atomic E-state index is -3.15. The molecule has 0 radical (unpaired) electrons. The zero-order valence-corrected chi connectivity index (χ0v) is 11.1. The first-order chi connectivity index (χ1) is 8.13. The lowest BCUT2D eigenvalue weighted by Crippen LogP contribution is -2.39. The number of hydrogen-bond donors (Lipinski definition) is 0. The van der Waals surface area contributed by atoms with Crippen LogP contribution in [0.4, 0.5) is 0 Å². The molecule has 0 saturated carbocycles. The molecule has 17 heavy (non-hydrogen) atoms. The topological polar surface area (TPSA) is 55.2 Å². The molecular formula is C10H16ClN3O2S. The van der Waals surface area contributed by atoms with Gasteiger partial charge in [-0.25, -0.2) is 13.4 Å². The van der Waals surface area contributed by atoms with E-state index >= 15 is 0 Å². The highest BCUT2D eigenvalue weighted by atomic mass is 35.5. The lowest BCUT2D eigenvalue weighted by Gasteiger charge is -2.26. The van der Waals surface area contributed by atoms with Crippen molar-refractivity contribution in [2.24, 2.45) is 0 Å². The van der Waals surface area contributed by atoms with Gasteiger partial charge in [0.05, 0.1) is 12.3 Å². The van der Waals surface area contributed by atoms with E-state index in [1.54, 1.807) is 6.20 Å². The lowest BCUT2D eigenvalue weighted by atomic mass is 10.4. The summed E-state index contributed by atoms with van der Waals surface area (Å²) in [5, 5.41) is 0. The van der Waals surface area contributed by atoms with Crippen molar-refractivity contribution < 1.29 is 8.42 Å². The molecule has 1 aliphatic rings. The highest BCUT2D eigenvalue weighted by Crippen LogP contribution is 2.15. The number of fused-ring (bicyclic) bond motifs is 1. The van der Waals surface area contributed by atoms with E-state index in [-0.39, 0.29) is 5.75 Å². The molecule has 2 rings (SSSR count). The molecular weight excluding hydrogens is 262 g/mol. The molecule has 5 nitrogen and oxygen atoms in total. The van der Waals surface area contributed by atoms with Gasteiger partial charge in [0.15, 0.2) is 0 Å². The van der Waals surface area contributed by atoms with Crippen molar-refractivity contribution in [3.63, 3.8) is 0 Å². The van der Waals surface area contributed by atoms with Gasteiger partial charge in [0.2, 0.25) is 10.0 Å². The summed E-state index contributed by atoms with van der Waals surface area (Å²) < 4.78 is 27.6. The van der Waals surface area contributed by atoms with Crippen LogP contribution in [-0.2, 0) is 23.1 Å². The Balaban J connectivity index is 2.00. The third-order valence-electron chi connectivity index (χ3n) is 2.89. The average molecular weight is 278 g/mol. The van der Waals surface area contributed by atoms with Crippen LogP contribution < -0.4 is 0 Å². The predicted octanol–water partition coefficient (Wildman–Crippen LogP) is 1.05. The summed E-state index contributed by atoms with van der Waals surface area (Å²) in [7, 11) is -3.15. The van der Waals surface area contributed by atoms with Crippen LogP contribution in [0.5, 0.6) is 0 Å². The second-order valence-corrected chi connectivity index (χ2v) is 6.55. The van der Waals surface area contributed by atoms with Crippen LogP contribution in [0.15, 0.2) is 12.4 Å². The lowest BCUT2D eigenvalue weighted by molar-refractivity contribution is 0.335. The van der Waals surface area contributed by atoms with Gasteiger partial charge < -0.3 is 4.57 Å². The first-order valence-electron chi connectivity index (χ1n) is 5.67. The molecule has 0 amide bonds. The Morgan fingerprint density at radius 2 is 2.18 bits per heavy atom. The number of aromatic nitrogens is 2. The largest absolute Gasteiger partial charge is 0.333 e. The molecule has 1 aromatic heterocycles. The molecule has 7 heteroatoms. The summed E-state index contributed by atoms with van der Waals surface area (Å²) in [5.41, 5.74) is 0. The molecule has 1 aliphatic heterocycles. The van der Waals surface area contributed by atoms with Crippen LogP contribution in [0.1, 0.15) is 18.7 Å². The Labute approximate surface area is 106 Å². The quantitative estimate of drug-likeness (QED) is 0.597. The fraction of sp³-hybridized carbons (Fsp3) is 0.700. The van der Waals surface area contributed by atoms with Crippen molar-refractivity contribution in [2.45, 2.75) is 25.9 Å². The maximum Gasteiger partial charge on any atom is 0.214 e. The standard InChI is InChI=1S/C10H16ClN3O2S/c11-3-1-2-8-17(15,16)14-7-6-13-5-4-12-10(13)9-14/h4-5H,1-3,6-9H2. The highest BCUT2D eigenvalue weighted by Gasteiger charge is 2.26. The minimum Gasteiger partial charge on any atom is -0.333 e. The summed E-state index contributed by atoms with van der Waals surface area (Å²) in [4.78, 5) is 4.15. The van der Waals surface area contributed by atoms with Gasteiger partial charge >= 0.3 is 0 Å². The fourth-order valence-corrected chi connectivity index (χ4v) is 3.58. The van der Waals surface area contributed by atoms with Gasteiger partial charge in [-0.3, -0.25) is 0 Å². The van der Waals surface area contributed by atoms with Gasteiger partial charge in [0.25, 0.3) is 0 Å². The van der Waals surface area contributed by atoms with Crippen LogP contribution >= 0.6 is 11.6 Å². The molecule has 0 aromatic carbocycles. The predicted molar refractivity (Wildman–Crippen MR) is 66.4 cm³/mol. The normalized spacial score (nSPS) is 17.0. The van der Waals surface area contributed by atoms with Crippen LogP contribution in [-0.4, -0.2) is 40.5 Å². The smallest absolute Gasteiger partial charge is 0.214 e. The van der Waals surface area contributed by atoms with Crippen molar-refractivity contribution in [1.29, 1.82) is 0 Å². The van der Waals surface area contributed by atoms with E-state index in [4.69, 9.17) is 11.6 Å². The molecule has 0 saturated heterocycles. The molecule has 0 N–H and O–H groups in total. The first-order valence-corrected chi connectivity index (χ1v) is 7.81. The molecule has 0 fully saturated rings. The maximum absolute atomic E-state index is 12.0. The van der Waals surface area contributed by atoms with Gasteiger partial charge in [0, 0.05) is 31.4 Å². The second kappa shape index (κ2) is 5.37. The molecule has 2 heterocycles. The van der Waals surface area contributed by atoms with Gasteiger partial charge in [-0.05, 0) is 12.8 Å². The van der Waals surface area contributed by atoms with E-state index in [9.17, 15) is 8.42 Å². The van der Waals surface area contributed by atoms with E-state index in [1.165, 1.54) is 4.31 Å². The number of alkyl halides is 1. The molecule has 0 spiro atoms. The van der Waals surface area contributed by atoms with Crippen LogP contribution in [0.25, 0.3) is 0 Å². The van der Waals surface area contributed by atoms with E-state index in [2.05, 4.69) is 4.98 Å². The van der Waals surface area contributed by atoms with E-state index in [0.29, 0.717) is 31.9 Å². The van der Waals surface area contributed by atoms with Crippen LogP contribution in [0.2, 0.25) is 0 Å². The van der Waals surface area contributed by atoms with Gasteiger partial charge in [-0.1, -0.05) is 0 Å². The average Bonchev–Trinajstić information content (AvgIpc) is 2.76. The molecule has 1 aromatic rings. The molecule has 0 atom stereocenters.